The average Bonchev–Trinajstić information content (AvgIpc) is 2.42. The van der Waals surface area contributed by atoms with Gasteiger partial charge in [0.05, 0.1) is 5.56 Å². The number of anilines is 1. The van der Waals surface area contributed by atoms with Gasteiger partial charge in [-0.15, -0.1) is 0 Å². The summed E-state index contributed by atoms with van der Waals surface area (Å²) >= 11 is 0. The van der Waals surface area contributed by atoms with Gasteiger partial charge in [0.2, 0.25) is 11.8 Å². The van der Waals surface area contributed by atoms with Crippen LogP contribution >= 0.6 is 0 Å². The first-order valence-corrected chi connectivity index (χ1v) is 5.82. The number of hydrogen-bond donors (Lipinski definition) is 2. The molecule has 19 heavy (non-hydrogen) atoms. The molecule has 1 fully saturated rings. The lowest BCUT2D eigenvalue weighted by molar-refractivity contribution is -0.138. The van der Waals surface area contributed by atoms with Crippen LogP contribution in [0.2, 0.25) is 0 Å². The number of carbonyl (C=O) groups is 3. The van der Waals surface area contributed by atoms with Crippen LogP contribution < -0.4 is 10.6 Å². The van der Waals surface area contributed by atoms with Gasteiger partial charge in [0.15, 0.2) is 0 Å². The smallest absolute Gasteiger partial charge is 0.258 e. The summed E-state index contributed by atoms with van der Waals surface area (Å²) in [6.45, 7) is 1.44. The number of pyridine rings is 1. The molecule has 0 aromatic carbocycles. The highest BCUT2D eigenvalue weighted by Gasteiger charge is 2.34. The Balaban J connectivity index is 2.32. The third-order valence-electron chi connectivity index (χ3n) is 2.96. The Morgan fingerprint density at radius 2 is 2.26 bits per heavy atom. The molecule has 0 saturated carbocycles. The van der Waals surface area contributed by atoms with Crippen molar-refractivity contribution in [2.75, 3.05) is 18.9 Å². The van der Waals surface area contributed by atoms with Crippen molar-refractivity contribution in [1.82, 2.24) is 15.2 Å². The van der Waals surface area contributed by atoms with E-state index in [1.807, 2.05) is 0 Å². The van der Waals surface area contributed by atoms with E-state index in [1.54, 1.807) is 32.3 Å². The predicted octanol–water partition coefficient (Wildman–Crippen LogP) is -0.390. The molecule has 1 aromatic heterocycles. The highest BCUT2D eigenvalue weighted by Crippen LogP contribution is 2.16. The summed E-state index contributed by atoms with van der Waals surface area (Å²) in [5, 5.41) is 5.00. The molecule has 100 valence electrons. The Labute approximate surface area is 110 Å². The summed E-state index contributed by atoms with van der Waals surface area (Å²) in [7, 11) is 1.65. The molecule has 3 amide bonds. The van der Waals surface area contributed by atoms with Gasteiger partial charge in [-0.25, -0.2) is 4.98 Å². The van der Waals surface area contributed by atoms with E-state index >= 15 is 0 Å². The minimum absolute atomic E-state index is 0.135. The van der Waals surface area contributed by atoms with E-state index < -0.39 is 23.8 Å². The fourth-order valence-corrected chi connectivity index (χ4v) is 1.89. The standard InChI is InChI=1S/C12H14N4O3/c1-7-11(18)15-9(17)6-16(7)12(19)8-4-3-5-14-10(8)13-2/h3-5,7H,6H2,1-2H3,(H,13,14)(H,15,17,18). The fourth-order valence-electron chi connectivity index (χ4n) is 1.89. The van der Waals surface area contributed by atoms with E-state index in [9.17, 15) is 14.4 Å². The van der Waals surface area contributed by atoms with Crippen LogP contribution in [0.3, 0.4) is 0 Å². The van der Waals surface area contributed by atoms with Crippen molar-refractivity contribution >= 4 is 23.5 Å². The molecule has 1 aromatic rings. The van der Waals surface area contributed by atoms with Crippen LogP contribution in [0.4, 0.5) is 5.82 Å². The Morgan fingerprint density at radius 1 is 1.53 bits per heavy atom. The summed E-state index contributed by atoms with van der Waals surface area (Å²) < 4.78 is 0. The highest BCUT2D eigenvalue weighted by atomic mass is 16.2. The van der Waals surface area contributed by atoms with Crippen molar-refractivity contribution in [2.24, 2.45) is 0 Å². The van der Waals surface area contributed by atoms with Crippen molar-refractivity contribution in [2.45, 2.75) is 13.0 Å². The molecule has 0 radical (unpaired) electrons. The van der Waals surface area contributed by atoms with Gasteiger partial charge in [0.1, 0.15) is 18.4 Å². The van der Waals surface area contributed by atoms with E-state index in [2.05, 4.69) is 15.6 Å². The number of amides is 3. The summed E-state index contributed by atoms with van der Waals surface area (Å²) in [6.07, 6.45) is 1.56. The van der Waals surface area contributed by atoms with Crippen LogP contribution in [-0.2, 0) is 9.59 Å². The van der Waals surface area contributed by atoms with Crippen molar-refractivity contribution < 1.29 is 14.4 Å². The molecule has 1 saturated heterocycles. The third kappa shape index (κ3) is 2.40. The second-order valence-electron chi connectivity index (χ2n) is 4.17. The molecule has 1 aliphatic heterocycles. The summed E-state index contributed by atoms with van der Waals surface area (Å²) in [4.78, 5) is 40.6. The second kappa shape index (κ2) is 5.05. The Bertz CT molecular complexity index is 544. The first-order valence-electron chi connectivity index (χ1n) is 5.82. The molecule has 1 atom stereocenters. The van der Waals surface area contributed by atoms with Gasteiger partial charge in [0.25, 0.3) is 5.91 Å². The van der Waals surface area contributed by atoms with Gasteiger partial charge in [-0.1, -0.05) is 0 Å². The maximum Gasteiger partial charge on any atom is 0.258 e. The monoisotopic (exact) mass is 262 g/mol. The first kappa shape index (κ1) is 13.0. The zero-order valence-corrected chi connectivity index (χ0v) is 10.6. The highest BCUT2D eigenvalue weighted by molar-refractivity contribution is 6.08. The van der Waals surface area contributed by atoms with Crippen molar-refractivity contribution in [3.05, 3.63) is 23.9 Å². The lowest BCUT2D eigenvalue weighted by atomic mass is 10.1. The number of piperazine rings is 1. The van der Waals surface area contributed by atoms with E-state index in [0.29, 0.717) is 11.4 Å². The molecular formula is C12H14N4O3. The van der Waals surface area contributed by atoms with Crippen molar-refractivity contribution in [1.29, 1.82) is 0 Å². The molecule has 0 aliphatic carbocycles. The number of imide groups is 1. The second-order valence-corrected chi connectivity index (χ2v) is 4.17. The van der Waals surface area contributed by atoms with E-state index in [4.69, 9.17) is 0 Å². The summed E-state index contributed by atoms with van der Waals surface area (Å²) in [6, 6.07) is 2.55. The van der Waals surface area contributed by atoms with Gasteiger partial charge >= 0.3 is 0 Å². The molecule has 0 bridgehead atoms. The van der Waals surface area contributed by atoms with Gasteiger partial charge in [-0.05, 0) is 19.1 Å². The minimum Gasteiger partial charge on any atom is -0.372 e. The summed E-state index contributed by atoms with van der Waals surface area (Å²) in [5.41, 5.74) is 0.333. The minimum atomic E-state index is -0.685. The molecular weight excluding hydrogens is 248 g/mol. The molecule has 7 nitrogen and oxygen atoms in total. The Hall–Kier alpha value is -2.44. The van der Waals surface area contributed by atoms with Crippen LogP contribution in [0.25, 0.3) is 0 Å². The molecule has 2 N–H and O–H groups in total. The zero-order valence-electron chi connectivity index (χ0n) is 10.6. The quantitative estimate of drug-likeness (QED) is 0.708. The normalized spacial score (nSPS) is 19.1. The van der Waals surface area contributed by atoms with Crippen molar-refractivity contribution in [3.8, 4) is 0 Å². The number of hydrogen-bond acceptors (Lipinski definition) is 5. The van der Waals surface area contributed by atoms with Crippen LogP contribution in [0.15, 0.2) is 18.3 Å². The molecule has 0 spiro atoms. The number of carbonyl (C=O) groups excluding carboxylic acids is 3. The number of nitrogens with zero attached hydrogens (tertiary/aromatic N) is 2. The number of nitrogens with one attached hydrogen (secondary N) is 2. The lowest BCUT2D eigenvalue weighted by Crippen LogP contribution is -2.58. The SMILES string of the molecule is CNc1ncccc1C(=O)N1CC(=O)NC(=O)C1C. The Kier molecular flexibility index (Phi) is 3.46. The van der Waals surface area contributed by atoms with Crippen molar-refractivity contribution in [3.63, 3.8) is 0 Å². The maximum atomic E-state index is 12.4. The van der Waals surface area contributed by atoms with E-state index in [1.165, 1.54) is 4.90 Å². The molecule has 7 heteroatoms. The van der Waals surface area contributed by atoms with E-state index in [-0.39, 0.29) is 6.54 Å². The molecule has 2 rings (SSSR count). The average molecular weight is 262 g/mol. The van der Waals surface area contributed by atoms with Crippen LogP contribution in [0.1, 0.15) is 17.3 Å². The number of rotatable bonds is 2. The lowest BCUT2D eigenvalue weighted by Gasteiger charge is -2.31. The van der Waals surface area contributed by atoms with Gasteiger partial charge < -0.3 is 10.2 Å². The summed E-state index contributed by atoms with van der Waals surface area (Å²) in [5.74, 6) is -0.933. The fraction of sp³-hybridized carbons (Fsp3) is 0.333. The Morgan fingerprint density at radius 3 is 2.95 bits per heavy atom. The molecule has 1 unspecified atom stereocenters. The zero-order chi connectivity index (χ0) is 14.0. The molecule has 2 heterocycles. The van der Waals surface area contributed by atoms with Gasteiger partial charge in [-0.3, -0.25) is 19.7 Å². The van der Waals surface area contributed by atoms with Crippen LogP contribution in [0, 0.1) is 0 Å². The first-order chi connectivity index (χ1) is 9.04. The maximum absolute atomic E-state index is 12.4. The van der Waals surface area contributed by atoms with Gasteiger partial charge in [0, 0.05) is 13.2 Å². The third-order valence-corrected chi connectivity index (χ3v) is 2.96. The van der Waals surface area contributed by atoms with Crippen LogP contribution in [-0.4, -0.2) is 47.2 Å². The predicted molar refractivity (Wildman–Crippen MR) is 67.4 cm³/mol. The number of aromatic nitrogens is 1. The molecule has 1 aliphatic rings. The van der Waals surface area contributed by atoms with E-state index in [0.717, 1.165) is 0 Å². The van der Waals surface area contributed by atoms with Gasteiger partial charge in [-0.2, -0.15) is 0 Å². The topological polar surface area (TPSA) is 91.4 Å². The van der Waals surface area contributed by atoms with Crippen LogP contribution in [0.5, 0.6) is 0 Å². The largest absolute Gasteiger partial charge is 0.372 e.